The van der Waals surface area contributed by atoms with E-state index in [2.05, 4.69) is 4.52 Å². The summed E-state index contributed by atoms with van der Waals surface area (Å²) in [6.45, 7) is 0. The van der Waals surface area contributed by atoms with Gasteiger partial charge >= 0.3 is 159 Å². The number of phosphoric acid groups is 1. The number of hydrogen-bond acceptors (Lipinski definition) is 7. The van der Waals surface area contributed by atoms with E-state index in [-0.39, 0.29) is 151 Å². The summed E-state index contributed by atoms with van der Waals surface area (Å²) in [5.41, 5.74) is 0. The van der Waals surface area contributed by atoms with Gasteiger partial charge in [0.15, 0.2) is 0 Å². The molecule has 1 saturated carbocycles. The second-order valence-electron chi connectivity index (χ2n) is 3.51. The van der Waals surface area contributed by atoms with Gasteiger partial charge in [-0.2, -0.15) is 0 Å². The third-order valence-electron chi connectivity index (χ3n) is 2.33. The molecule has 0 bridgehead atoms. The summed E-state index contributed by atoms with van der Waals surface area (Å²) in [4.78, 5) is 17.0. The fourth-order valence-electron chi connectivity index (χ4n) is 1.48. The van der Waals surface area contributed by atoms with E-state index in [0.29, 0.717) is 0 Å². The Morgan fingerprint density at radius 2 is 0.900 bits per heavy atom. The van der Waals surface area contributed by atoms with Crippen molar-refractivity contribution in [1.29, 1.82) is 0 Å². The molecular weight excluding hydrogens is 407 g/mol. The van der Waals surface area contributed by atoms with Crippen LogP contribution in [0.4, 0.5) is 0 Å². The molecule has 20 heavy (non-hydrogen) atoms. The van der Waals surface area contributed by atoms with Crippen molar-refractivity contribution in [1.82, 2.24) is 0 Å². The second kappa shape index (κ2) is 14.1. The van der Waals surface area contributed by atoms with E-state index in [1.165, 1.54) is 0 Å². The van der Waals surface area contributed by atoms with Crippen LogP contribution >= 0.6 is 7.82 Å². The summed E-state index contributed by atoms with van der Waals surface area (Å²) in [6, 6.07) is 0. The summed E-state index contributed by atoms with van der Waals surface area (Å²) in [6.07, 6.45) is -11.3. The molecule has 1 aliphatic carbocycles. The second-order valence-corrected chi connectivity index (χ2v) is 4.71. The van der Waals surface area contributed by atoms with Crippen LogP contribution in [0.3, 0.4) is 0 Å². The van der Waals surface area contributed by atoms with E-state index in [9.17, 15) is 25.0 Å². The van der Waals surface area contributed by atoms with Gasteiger partial charge in [-0.05, 0) is 0 Å². The van der Waals surface area contributed by atoms with Crippen molar-refractivity contribution < 1.29 is 44.4 Å². The maximum atomic E-state index is 10.5. The molecule has 0 aromatic carbocycles. The van der Waals surface area contributed by atoms with Gasteiger partial charge in [0.05, 0.1) is 0 Å². The van der Waals surface area contributed by atoms with Crippen molar-refractivity contribution in [2.24, 2.45) is 0 Å². The summed E-state index contributed by atoms with van der Waals surface area (Å²) in [5, 5.41) is 46.1. The molecular formula is C6H21Ca4O9P. The van der Waals surface area contributed by atoms with E-state index >= 15 is 0 Å². The van der Waals surface area contributed by atoms with Crippen molar-refractivity contribution in [3.63, 3.8) is 0 Å². The Bertz CT molecular complexity index is 288. The van der Waals surface area contributed by atoms with Crippen LogP contribution in [-0.2, 0) is 9.09 Å². The van der Waals surface area contributed by atoms with Gasteiger partial charge < -0.3 is 35.3 Å². The summed E-state index contributed by atoms with van der Waals surface area (Å²) in [5.74, 6) is 0. The zero-order valence-electron chi connectivity index (χ0n) is 7.86. The van der Waals surface area contributed by atoms with Crippen molar-refractivity contribution >= 4 is 159 Å². The third-order valence-corrected chi connectivity index (χ3v) is 2.85. The molecule has 0 radical (unpaired) electrons. The van der Waals surface area contributed by atoms with Crippen LogP contribution in [0.25, 0.3) is 0 Å². The first kappa shape index (κ1) is 32.6. The Balaban J connectivity index is -0.000000320. The van der Waals surface area contributed by atoms with Crippen LogP contribution in [0.2, 0.25) is 0 Å². The Morgan fingerprint density at radius 1 is 0.650 bits per heavy atom. The van der Waals surface area contributed by atoms with E-state index in [1.807, 2.05) is 0 Å². The molecule has 9 nitrogen and oxygen atoms in total. The quantitative estimate of drug-likeness (QED) is 0.167. The zero-order valence-corrected chi connectivity index (χ0v) is 8.75. The summed E-state index contributed by atoms with van der Waals surface area (Å²) in [7, 11) is -5.01. The molecule has 6 atom stereocenters. The van der Waals surface area contributed by atoms with Gasteiger partial charge in [0.1, 0.15) is 36.6 Å². The average Bonchev–Trinajstić information content (AvgIpc) is 2.17. The molecule has 7 N–H and O–H groups in total. The molecule has 0 spiro atoms. The van der Waals surface area contributed by atoms with Crippen LogP contribution in [0.5, 0.6) is 0 Å². The zero-order chi connectivity index (χ0) is 12.7. The molecule has 1 rings (SSSR count). The van der Waals surface area contributed by atoms with Crippen LogP contribution in [0, 0.1) is 0 Å². The number of aliphatic hydroxyl groups excluding tert-OH is 5. The maximum absolute atomic E-state index is 10.5. The van der Waals surface area contributed by atoms with Crippen LogP contribution in [0.15, 0.2) is 0 Å². The van der Waals surface area contributed by atoms with Crippen molar-refractivity contribution in [3.8, 4) is 0 Å². The average molecular weight is 429 g/mol. The Hall–Kier alpha value is 4.95. The van der Waals surface area contributed by atoms with E-state index in [4.69, 9.17) is 14.9 Å². The molecule has 0 unspecified atom stereocenters. The van der Waals surface area contributed by atoms with Gasteiger partial charge in [0.2, 0.25) is 0 Å². The minimum atomic E-state index is -5.01. The fourth-order valence-corrected chi connectivity index (χ4v) is 2.05. The number of hydrogen-bond donors (Lipinski definition) is 7. The van der Waals surface area contributed by atoms with Gasteiger partial charge in [0.25, 0.3) is 0 Å². The van der Waals surface area contributed by atoms with Gasteiger partial charge in [0, 0.05) is 0 Å². The van der Waals surface area contributed by atoms with Crippen LogP contribution in [-0.4, -0.2) is 223 Å². The normalized spacial score (nSPS) is 36.5. The first-order valence-electron chi connectivity index (χ1n) is 4.29. The first-order valence-corrected chi connectivity index (χ1v) is 5.82. The van der Waals surface area contributed by atoms with E-state index in [1.54, 1.807) is 0 Å². The molecule has 0 aliphatic heterocycles. The first-order chi connectivity index (χ1) is 7.15. The standard InChI is InChI=1S/C6H13O9P.4Ca.8H/c7-1-2(8)4(10)6(5(11)3(1)9)15-16(12,13)14;;;;;;;;;;;;/h1-11H,(H2,12,13,14);;;;;;;;;;;;/t1-,2-,3+,4-,5-,6-;;;;;;;;;;;;/m0............/s1. The molecule has 14 heteroatoms. The molecule has 0 amide bonds. The molecule has 112 valence electrons. The minimum absolute atomic E-state index is 0. The Labute approximate surface area is 234 Å². The predicted molar refractivity (Wildman–Crippen MR) is 81.1 cm³/mol. The van der Waals surface area contributed by atoms with Crippen molar-refractivity contribution in [3.05, 3.63) is 0 Å². The molecule has 1 aliphatic rings. The third kappa shape index (κ3) is 9.59. The van der Waals surface area contributed by atoms with E-state index in [0.717, 1.165) is 0 Å². The van der Waals surface area contributed by atoms with Gasteiger partial charge in [-0.3, -0.25) is 4.52 Å². The molecule has 1 fully saturated rings. The van der Waals surface area contributed by atoms with Crippen LogP contribution in [0.1, 0.15) is 0 Å². The summed E-state index contributed by atoms with van der Waals surface area (Å²) < 4.78 is 14.5. The molecule has 0 heterocycles. The number of aliphatic hydroxyl groups is 5. The number of rotatable bonds is 2. The van der Waals surface area contributed by atoms with Gasteiger partial charge in [-0.15, -0.1) is 0 Å². The van der Waals surface area contributed by atoms with Crippen LogP contribution < -0.4 is 0 Å². The van der Waals surface area contributed by atoms with E-state index < -0.39 is 44.4 Å². The number of phosphoric ester groups is 1. The Kier molecular flexibility index (Phi) is 22.9. The molecule has 0 aromatic rings. The van der Waals surface area contributed by atoms with Gasteiger partial charge in [-0.25, -0.2) is 4.57 Å². The Morgan fingerprint density at radius 3 is 1.15 bits per heavy atom. The molecule has 0 aromatic heterocycles. The van der Waals surface area contributed by atoms with Crippen molar-refractivity contribution in [2.75, 3.05) is 0 Å². The fraction of sp³-hybridized carbons (Fsp3) is 1.00. The molecule has 0 saturated heterocycles. The van der Waals surface area contributed by atoms with Gasteiger partial charge in [-0.1, -0.05) is 0 Å². The van der Waals surface area contributed by atoms with Crippen molar-refractivity contribution in [2.45, 2.75) is 36.6 Å². The monoisotopic (exact) mass is 428 g/mol. The topological polar surface area (TPSA) is 168 Å². The summed E-state index contributed by atoms with van der Waals surface area (Å²) >= 11 is 0. The SMILES string of the molecule is O=P(O)(O)O[C@@H]1[C@@H](O)[C@H](O)[C@@H](O)[C@H](O)[C@@H]1O.[CaH2].[CaH2].[CaH2].[CaH2]. The predicted octanol–water partition coefficient (Wildman–Crippen LogP) is -7.38.